The van der Waals surface area contributed by atoms with Crippen molar-refractivity contribution < 1.29 is 13.9 Å². The smallest absolute Gasteiger partial charge is 0.263 e. The number of hydrogen-bond acceptors (Lipinski definition) is 4. The van der Waals surface area contributed by atoms with Crippen LogP contribution < -0.4 is 4.74 Å². The molecule has 1 atom stereocenters. The lowest BCUT2D eigenvalue weighted by Crippen LogP contribution is -2.45. The van der Waals surface area contributed by atoms with Gasteiger partial charge in [0.15, 0.2) is 11.8 Å². The van der Waals surface area contributed by atoms with Crippen LogP contribution >= 0.6 is 0 Å². The molecule has 2 aliphatic rings. The molecule has 2 aromatic heterocycles. The van der Waals surface area contributed by atoms with E-state index in [9.17, 15) is 9.18 Å². The van der Waals surface area contributed by atoms with Crippen molar-refractivity contribution in [2.75, 3.05) is 13.1 Å². The summed E-state index contributed by atoms with van der Waals surface area (Å²) in [5.41, 5.74) is 1.61. The Kier molecular flexibility index (Phi) is 3.81. The third-order valence-corrected chi connectivity index (χ3v) is 5.48. The number of nitrogens with zero attached hydrogens (tertiary/aromatic N) is 4. The SMILES string of the molecule is O=C(C1Cc2cc(F)ccc2O1)N1CCC(c2nnc3ccccn23)CC1. The summed E-state index contributed by atoms with van der Waals surface area (Å²) >= 11 is 0. The molecule has 138 valence electrons. The average molecular weight is 366 g/mol. The van der Waals surface area contributed by atoms with E-state index in [1.807, 2.05) is 33.7 Å². The summed E-state index contributed by atoms with van der Waals surface area (Å²) in [7, 11) is 0. The molecule has 3 aromatic rings. The third kappa shape index (κ3) is 2.83. The van der Waals surface area contributed by atoms with Gasteiger partial charge in [-0.25, -0.2) is 4.39 Å². The number of benzene rings is 1. The lowest BCUT2D eigenvalue weighted by Gasteiger charge is -2.32. The van der Waals surface area contributed by atoms with Crippen LogP contribution in [0.1, 0.15) is 30.1 Å². The molecule has 1 aromatic carbocycles. The van der Waals surface area contributed by atoms with E-state index >= 15 is 0 Å². The first-order valence-electron chi connectivity index (χ1n) is 9.22. The summed E-state index contributed by atoms with van der Waals surface area (Å²) in [4.78, 5) is 14.7. The van der Waals surface area contributed by atoms with Gasteiger partial charge in [0.05, 0.1) is 0 Å². The second-order valence-electron chi connectivity index (χ2n) is 7.15. The number of rotatable bonds is 2. The van der Waals surface area contributed by atoms with Gasteiger partial charge in [0.25, 0.3) is 5.91 Å². The van der Waals surface area contributed by atoms with Crippen molar-refractivity contribution in [1.82, 2.24) is 19.5 Å². The fourth-order valence-corrected chi connectivity index (χ4v) is 4.05. The van der Waals surface area contributed by atoms with Gasteiger partial charge in [-0.15, -0.1) is 10.2 Å². The standard InChI is InChI=1S/C20H19FN4O2/c21-15-4-5-16-14(11-15)12-17(27-16)20(26)24-9-6-13(7-10-24)19-23-22-18-3-1-2-8-25(18)19/h1-5,8,11,13,17H,6-7,9-10,12H2. The minimum absolute atomic E-state index is 0.0174. The third-order valence-electron chi connectivity index (χ3n) is 5.48. The van der Waals surface area contributed by atoms with Crippen LogP contribution in [0.25, 0.3) is 5.65 Å². The Morgan fingerprint density at radius 3 is 2.85 bits per heavy atom. The normalized spacial score (nSPS) is 19.9. The van der Waals surface area contributed by atoms with Gasteiger partial charge in [-0.1, -0.05) is 6.07 Å². The number of hydrogen-bond donors (Lipinski definition) is 0. The van der Waals surface area contributed by atoms with Crippen molar-refractivity contribution in [1.29, 1.82) is 0 Å². The van der Waals surface area contributed by atoms with Gasteiger partial charge < -0.3 is 9.64 Å². The Hall–Kier alpha value is -2.96. The molecule has 7 heteroatoms. The van der Waals surface area contributed by atoms with Crippen molar-refractivity contribution in [2.45, 2.75) is 31.3 Å². The molecule has 1 amide bonds. The summed E-state index contributed by atoms with van der Waals surface area (Å²) in [6.07, 6.45) is 3.55. The molecule has 0 bridgehead atoms. The number of likely N-dealkylation sites (tertiary alicyclic amines) is 1. The molecular formula is C20H19FN4O2. The van der Waals surface area contributed by atoms with Gasteiger partial charge in [0.1, 0.15) is 17.4 Å². The first kappa shape index (κ1) is 16.2. The molecule has 1 unspecified atom stereocenters. The van der Waals surface area contributed by atoms with E-state index in [1.165, 1.54) is 12.1 Å². The van der Waals surface area contributed by atoms with Crippen molar-refractivity contribution in [3.05, 3.63) is 59.8 Å². The predicted octanol–water partition coefficient (Wildman–Crippen LogP) is 2.58. The highest BCUT2D eigenvalue weighted by molar-refractivity contribution is 5.82. The highest BCUT2D eigenvalue weighted by atomic mass is 19.1. The van der Waals surface area contributed by atoms with Gasteiger partial charge in [-0.2, -0.15) is 0 Å². The summed E-state index contributed by atoms with van der Waals surface area (Å²) in [6.45, 7) is 1.33. The van der Waals surface area contributed by atoms with E-state index in [0.29, 0.717) is 25.3 Å². The average Bonchev–Trinajstić information content (AvgIpc) is 3.31. The quantitative estimate of drug-likeness (QED) is 0.699. The number of amides is 1. The highest BCUT2D eigenvalue weighted by Crippen LogP contribution is 2.32. The molecule has 0 N–H and O–H groups in total. The zero-order valence-corrected chi connectivity index (χ0v) is 14.7. The largest absolute Gasteiger partial charge is 0.480 e. The molecule has 0 aliphatic carbocycles. The molecule has 4 heterocycles. The maximum atomic E-state index is 13.4. The number of piperidine rings is 1. The molecule has 0 saturated carbocycles. The van der Waals surface area contributed by atoms with E-state index in [0.717, 1.165) is 29.9 Å². The maximum Gasteiger partial charge on any atom is 0.263 e. The number of ether oxygens (including phenoxy) is 1. The summed E-state index contributed by atoms with van der Waals surface area (Å²) < 4.78 is 21.1. The molecule has 27 heavy (non-hydrogen) atoms. The van der Waals surface area contributed by atoms with E-state index in [4.69, 9.17) is 4.74 Å². The lowest BCUT2D eigenvalue weighted by molar-refractivity contribution is -0.139. The van der Waals surface area contributed by atoms with Gasteiger partial charge in [0.2, 0.25) is 0 Å². The Labute approximate surface area is 155 Å². The molecule has 2 aliphatic heterocycles. The van der Waals surface area contributed by atoms with Crippen LogP contribution in [0.3, 0.4) is 0 Å². The minimum atomic E-state index is -0.549. The van der Waals surface area contributed by atoms with Crippen LogP contribution in [0.5, 0.6) is 5.75 Å². The van der Waals surface area contributed by atoms with Gasteiger partial charge >= 0.3 is 0 Å². The summed E-state index contributed by atoms with van der Waals surface area (Å²) in [5.74, 6) is 1.53. The van der Waals surface area contributed by atoms with Gasteiger partial charge in [0, 0.05) is 37.2 Å². The van der Waals surface area contributed by atoms with Gasteiger partial charge in [-0.3, -0.25) is 9.20 Å². The molecule has 0 spiro atoms. The van der Waals surface area contributed by atoms with E-state index < -0.39 is 6.10 Å². The molecule has 6 nitrogen and oxygen atoms in total. The monoisotopic (exact) mass is 366 g/mol. The van der Waals surface area contributed by atoms with Crippen molar-refractivity contribution in [3.63, 3.8) is 0 Å². The summed E-state index contributed by atoms with van der Waals surface area (Å²) in [6, 6.07) is 10.3. The van der Waals surface area contributed by atoms with Crippen LogP contribution in [-0.2, 0) is 11.2 Å². The molecule has 0 radical (unpaired) electrons. The number of carbonyl (C=O) groups excluding carboxylic acids is 1. The first-order valence-corrected chi connectivity index (χ1v) is 9.22. The van der Waals surface area contributed by atoms with E-state index in [2.05, 4.69) is 10.2 Å². The molecule has 1 fully saturated rings. The molecular weight excluding hydrogens is 347 g/mol. The number of aromatic nitrogens is 3. The highest BCUT2D eigenvalue weighted by Gasteiger charge is 2.35. The van der Waals surface area contributed by atoms with Gasteiger partial charge in [-0.05, 0) is 43.2 Å². The minimum Gasteiger partial charge on any atom is -0.480 e. The van der Waals surface area contributed by atoms with Crippen molar-refractivity contribution in [3.8, 4) is 5.75 Å². The van der Waals surface area contributed by atoms with Crippen LogP contribution in [0.2, 0.25) is 0 Å². The number of halogens is 1. The maximum absolute atomic E-state index is 13.4. The Bertz CT molecular complexity index is 1010. The Morgan fingerprint density at radius 1 is 1.15 bits per heavy atom. The van der Waals surface area contributed by atoms with Crippen LogP contribution in [0.4, 0.5) is 4.39 Å². The molecule has 5 rings (SSSR count). The zero-order valence-electron chi connectivity index (χ0n) is 14.7. The number of fused-ring (bicyclic) bond motifs is 2. The topological polar surface area (TPSA) is 59.7 Å². The number of carbonyl (C=O) groups is 1. The Balaban J connectivity index is 1.25. The summed E-state index contributed by atoms with van der Waals surface area (Å²) in [5, 5.41) is 8.57. The van der Waals surface area contributed by atoms with Crippen molar-refractivity contribution in [2.24, 2.45) is 0 Å². The second kappa shape index (κ2) is 6.33. The Morgan fingerprint density at radius 2 is 2.00 bits per heavy atom. The fraction of sp³-hybridized carbons (Fsp3) is 0.350. The predicted molar refractivity (Wildman–Crippen MR) is 96.1 cm³/mol. The first-order chi connectivity index (χ1) is 13.2. The zero-order chi connectivity index (χ0) is 18.4. The lowest BCUT2D eigenvalue weighted by atomic mass is 9.95. The van der Waals surface area contributed by atoms with Crippen LogP contribution in [-0.4, -0.2) is 44.6 Å². The fourth-order valence-electron chi connectivity index (χ4n) is 4.05. The van der Waals surface area contributed by atoms with E-state index in [-0.39, 0.29) is 17.6 Å². The van der Waals surface area contributed by atoms with Crippen molar-refractivity contribution >= 4 is 11.6 Å². The molecule has 1 saturated heterocycles. The van der Waals surface area contributed by atoms with E-state index in [1.54, 1.807) is 6.07 Å². The van der Waals surface area contributed by atoms with Crippen LogP contribution in [0.15, 0.2) is 42.6 Å². The number of pyridine rings is 1. The van der Waals surface area contributed by atoms with Crippen LogP contribution in [0, 0.1) is 5.82 Å². The second-order valence-corrected chi connectivity index (χ2v) is 7.15.